The molecule has 1 N–H and O–H groups in total. The van der Waals surface area contributed by atoms with Gasteiger partial charge in [0.05, 0.1) is 22.2 Å². The molecule has 0 spiro atoms. The van der Waals surface area contributed by atoms with E-state index in [-0.39, 0.29) is 39.4 Å². The molecule has 0 bridgehead atoms. The van der Waals surface area contributed by atoms with Crippen LogP contribution in [0.1, 0.15) is 71.7 Å². The van der Waals surface area contributed by atoms with E-state index in [0.717, 1.165) is 32.2 Å². The second kappa shape index (κ2) is 15.7. The third kappa shape index (κ3) is 9.59. The Morgan fingerprint density at radius 3 is 2.16 bits per heavy atom. The van der Waals surface area contributed by atoms with Crippen molar-refractivity contribution in [2.24, 2.45) is 0 Å². The number of alkyl halides is 3. The van der Waals surface area contributed by atoms with Gasteiger partial charge in [-0.05, 0) is 80.9 Å². The van der Waals surface area contributed by atoms with Crippen molar-refractivity contribution in [1.82, 2.24) is 14.1 Å². The summed E-state index contributed by atoms with van der Waals surface area (Å²) in [5.74, 6) is -2.17. The molecule has 2 saturated heterocycles. The van der Waals surface area contributed by atoms with E-state index in [0.29, 0.717) is 28.9 Å². The number of sulfonamides is 1. The Labute approximate surface area is 301 Å². The molecule has 2 aliphatic heterocycles. The van der Waals surface area contributed by atoms with E-state index in [9.17, 15) is 26.4 Å². The predicted octanol–water partition coefficient (Wildman–Crippen LogP) is 7.95. The molecule has 1 aliphatic carbocycles. The van der Waals surface area contributed by atoms with E-state index in [1.807, 2.05) is 4.90 Å². The van der Waals surface area contributed by atoms with Gasteiger partial charge >= 0.3 is 12.1 Å². The normalized spacial score (nSPS) is 18.8. The maximum Gasteiger partial charge on any atom is 0.490 e. The standard InChI is InChI=1S/C31H34BrCl2N3O4S.C2HF3O2/c32-25-15-28(33)30(29(34)16-25)42(39,40)37(26-9-10-26)19-27-14-24(20-41-27)31(38)36-13-3-4-23(18-36)22-7-5-21(6-8-22)17-35-11-1-2-12-35;3-2(4,5)1(6)7/h5-8,14-16,20,23,26H,1-4,9-13,17-19H2;(H,6,7). The molecule has 1 unspecified atom stereocenters. The molecule has 1 atom stereocenters. The van der Waals surface area contributed by atoms with Crippen LogP contribution >= 0.6 is 39.1 Å². The number of rotatable bonds is 9. The van der Waals surface area contributed by atoms with Gasteiger partial charge in [-0.2, -0.15) is 17.5 Å². The summed E-state index contributed by atoms with van der Waals surface area (Å²) < 4.78 is 66.8. The largest absolute Gasteiger partial charge is 0.490 e. The van der Waals surface area contributed by atoms with Gasteiger partial charge in [-0.1, -0.05) is 63.4 Å². The Bertz CT molecular complexity index is 1740. The minimum atomic E-state index is -5.08. The first-order valence-corrected chi connectivity index (χ1v) is 18.8. The fourth-order valence-electron chi connectivity index (χ4n) is 6.11. The van der Waals surface area contributed by atoms with Crippen LogP contribution in [0, 0.1) is 0 Å². The number of halogens is 6. The Kier molecular flexibility index (Phi) is 12.1. The van der Waals surface area contributed by atoms with Crippen molar-refractivity contribution >= 4 is 61.0 Å². The third-order valence-electron chi connectivity index (χ3n) is 8.70. The van der Waals surface area contributed by atoms with Gasteiger partial charge < -0.3 is 14.4 Å². The zero-order valence-corrected chi connectivity index (χ0v) is 30.2. The minimum absolute atomic E-state index is 0.00456. The summed E-state index contributed by atoms with van der Waals surface area (Å²) >= 11 is 15.9. The van der Waals surface area contributed by atoms with E-state index in [2.05, 4.69) is 45.1 Å². The summed E-state index contributed by atoms with van der Waals surface area (Å²) in [6.45, 7) is 4.69. The topological polar surface area (TPSA) is 111 Å². The lowest BCUT2D eigenvalue weighted by Crippen LogP contribution is -2.39. The second-order valence-corrected chi connectivity index (χ2v) is 16.0. The SMILES string of the molecule is O=C(O)C(F)(F)F.O=C(c1coc(CN(C2CC2)S(=O)(=O)c2c(Cl)cc(Br)cc2Cl)c1)N1CCCC(c2ccc(CN3CCCC3)cc2)C1. The van der Waals surface area contributed by atoms with E-state index in [1.165, 1.54) is 59.8 Å². The van der Waals surface area contributed by atoms with Crippen molar-refractivity contribution in [3.63, 3.8) is 0 Å². The van der Waals surface area contributed by atoms with Gasteiger partial charge in [0.2, 0.25) is 10.0 Å². The summed E-state index contributed by atoms with van der Waals surface area (Å²) in [4.78, 5) is 26.7. The van der Waals surface area contributed by atoms with Crippen LogP contribution in [0.4, 0.5) is 13.2 Å². The molecular weight excluding hydrogens is 774 g/mol. The molecule has 3 aromatic rings. The number of carbonyl (C=O) groups is 2. The maximum absolute atomic E-state index is 13.7. The van der Waals surface area contributed by atoms with Crippen molar-refractivity contribution in [1.29, 1.82) is 0 Å². The van der Waals surface area contributed by atoms with Crippen LogP contribution in [-0.4, -0.2) is 77.9 Å². The van der Waals surface area contributed by atoms with Crippen LogP contribution in [-0.2, 0) is 27.9 Å². The van der Waals surface area contributed by atoms with Gasteiger partial charge in [0.15, 0.2) is 0 Å². The number of piperidine rings is 1. The average Bonchev–Trinajstić information content (AvgIpc) is 3.52. The molecule has 1 amide bonds. The average molecular weight is 810 g/mol. The predicted molar refractivity (Wildman–Crippen MR) is 181 cm³/mol. The zero-order chi connectivity index (χ0) is 35.5. The Morgan fingerprint density at radius 2 is 1.59 bits per heavy atom. The van der Waals surface area contributed by atoms with Crippen molar-refractivity contribution < 1.29 is 40.7 Å². The molecule has 266 valence electrons. The lowest BCUT2D eigenvalue weighted by atomic mass is 9.90. The summed E-state index contributed by atoms with van der Waals surface area (Å²) in [5.41, 5.74) is 3.03. The van der Waals surface area contributed by atoms with Crippen LogP contribution in [0.15, 0.2) is 62.5 Å². The number of carbonyl (C=O) groups excluding carboxylic acids is 1. The first kappa shape index (κ1) is 37.6. The highest BCUT2D eigenvalue weighted by Gasteiger charge is 2.41. The highest BCUT2D eigenvalue weighted by atomic mass is 79.9. The van der Waals surface area contributed by atoms with Crippen molar-refractivity contribution in [3.8, 4) is 0 Å². The fraction of sp³-hybridized carbons (Fsp3) is 0.455. The number of likely N-dealkylation sites (tertiary alicyclic amines) is 2. The number of carboxylic acid groups (broad SMARTS) is 1. The number of hydrogen-bond donors (Lipinski definition) is 1. The molecule has 49 heavy (non-hydrogen) atoms. The van der Waals surface area contributed by atoms with E-state index in [4.69, 9.17) is 37.5 Å². The molecule has 3 aliphatic rings. The number of nitrogens with zero attached hydrogens (tertiary/aromatic N) is 3. The quantitative estimate of drug-likeness (QED) is 0.234. The van der Waals surface area contributed by atoms with Gasteiger partial charge in [0.1, 0.15) is 16.9 Å². The number of aliphatic carboxylic acids is 1. The van der Waals surface area contributed by atoms with Crippen molar-refractivity contribution in [2.75, 3.05) is 26.2 Å². The summed E-state index contributed by atoms with van der Waals surface area (Å²) in [7, 11) is -4.00. The van der Waals surface area contributed by atoms with Crippen LogP contribution in [0.2, 0.25) is 10.0 Å². The molecule has 9 nitrogen and oxygen atoms in total. The van der Waals surface area contributed by atoms with Crippen LogP contribution < -0.4 is 0 Å². The number of carboxylic acids is 1. The zero-order valence-electron chi connectivity index (χ0n) is 26.3. The Hall–Kier alpha value is -2.62. The fourth-order valence-corrected chi connectivity index (χ4v) is 9.64. The minimum Gasteiger partial charge on any atom is -0.475 e. The number of hydrogen-bond acceptors (Lipinski definition) is 6. The van der Waals surface area contributed by atoms with Gasteiger partial charge in [0.25, 0.3) is 5.91 Å². The summed E-state index contributed by atoms with van der Waals surface area (Å²) in [6, 6.07) is 13.4. The molecule has 3 heterocycles. The van der Waals surface area contributed by atoms with Crippen LogP contribution in [0.5, 0.6) is 0 Å². The number of furan rings is 1. The Balaban J connectivity index is 0.000000606. The van der Waals surface area contributed by atoms with Crippen molar-refractivity contribution in [2.45, 2.75) is 74.6 Å². The molecule has 2 aromatic carbocycles. The highest BCUT2D eigenvalue weighted by Crippen LogP contribution is 2.40. The van der Waals surface area contributed by atoms with Gasteiger partial charge in [0, 0.05) is 36.1 Å². The van der Waals surface area contributed by atoms with Crippen LogP contribution in [0.25, 0.3) is 0 Å². The molecule has 6 rings (SSSR count). The monoisotopic (exact) mass is 807 g/mol. The molecule has 1 saturated carbocycles. The second-order valence-electron chi connectivity index (χ2n) is 12.4. The van der Waals surface area contributed by atoms with Gasteiger partial charge in [-0.3, -0.25) is 9.69 Å². The van der Waals surface area contributed by atoms with Crippen molar-refractivity contribution in [3.05, 3.63) is 85.7 Å². The van der Waals surface area contributed by atoms with Gasteiger partial charge in [-0.15, -0.1) is 0 Å². The molecule has 0 radical (unpaired) electrons. The van der Waals surface area contributed by atoms with E-state index >= 15 is 0 Å². The number of benzene rings is 2. The third-order valence-corrected chi connectivity index (χ3v) is 12.0. The maximum atomic E-state index is 13.7. The molecular formula is C33H35BrCl2F3N3O6S. The first-order valence-electron chi connectivity index (χ1n) is 15.8. The first-order chi connectivity index (χ1) is 23.1. The highest BCUT2D eigenvalue weighted by molar-refractivity contribution is 9.10. The molecule has 1 aromatic heterocycles. The summed E-state index contributed by atoms with van der Waals surface area (Å²) in [5, 5.41) is 7.23. The summed E-state index contributed by atoms with van der Waals surface area (Å²) in [6.07, 6.45) is 2.38. The van der Waals surface area contributed by atoms with Crippen LogP contribution in [0.3, 0.4) is 0 Å². The molecule has 3 fully saturated rings. The molecule has 16 heteroatoms. The Morgan fingerprint density at radius 1 is 0.980 bits per heavy atom. The lowest BCUT2D eigenvalue weighted by Gasteiger charge is -2.33. The smallest absolute Gasteiger partial charge is 0.475 e. The van der Waals surface area contributed by atoms with Gasteiger partial charge in [-0.25, -0.2) is 13.2 Å². The number of amides is 1. The van der Waals surface area contributed by atoms with E-state index < -0.39 is 22.2 Å². The van der Waals surface area contributed by atoms with E-state index in [1.54, 1.807) is 6.07 Å². The lowest BCUT2D eigenvalue weighted by molar-refractivity contribution is -0.192.